The van der Waals surface area contributed by atoms with Gasteiger partial charge in [-0.1, -0.05) is 0 Å². The Hall–Kier alpha value is -4.35. The summed E-state index contributed by atoms with van der Waals surface area (Å²) in [6.07, 6.45) is -3.64. The fourth-order valence-electron chi connectivity index (χ4n) is 2.89. The van der Waals surface area contributed by atoms with Gasteiger partial charge in [0, 0.05) is 18.0 Å². The largest absolute Gasteiger partial charge is 0.573 e. The number of amides is 1. The van der Waals surface area contributed by atoms with Crippen LogP contribution in [-0.2, 0) is 4.74 Å². The number of rotatable bonds is 7. The van der Waals surface area contributed by atoms with Crippen LogP contribution in [0.5, 0.6) is 23.0 Å². The van der Waals surface area contributed by atoms with E-state index >= 15 is 0 Å². The number of carbonyl (C=O) groups excluding carboxylic acids is 2. The van der Waals surface area contributed by atoms with Gasteiger partial charge in [-0.3, -0.25) is 4.79 Å². The molecule has 1 amide bonds. The third-order valence-electron chi connectivity index (χ3n) is 4.51. The van der Waals surface area contributed by atoms with Crippen molar-refractivity contribution >= 4 is 17.6 Å². The van der Waals surface area contributed by atoms with Gasteiger partial charge in [0.15, 0.2) is 11.5 Å². The van der Waals surface area contributed by atoms with E-state index in [0.717, 1.165) is 24.3 Å². The second kappa shape index (κ2) is 10.3. The average Bonchev–Trinajstić information content (AvgIpc) is 2.80. The zero-order chi connectivity index (χ0) is 25.8. The number of pyridine rings is 1. The van der Waals surface area contributed by atoms with Gasteiger partial charge in [-0.05, 0) is 48.9 Å². The molecule has 0 aliphatic heterocycles. The van der Waals surface area contributed by atoms with E-state index in [1.807, 2.05) is 0 Å². The lowest BCUT2D eigenvalue weighted by molar-refractivity contribution is -0.274. The maximum atomic E-state index is 14.3. The van der Waals surface area contributed by atoms with Crippen LogP contribution in [0.2, 0.25) is 0 Å². The van der Waals surface area contributed by atoms with Gasteiger partial charge in [-0.2, -0.15) is 0 Å². The normalized spacial score (nSPS) is 10.9. The number of esters is 1. The standard InChI is InChI=1S/C23H18F4N2O6/c1-12-8-19(34-18-5-4-14(10-20(18)32-2)35-23(25,26)27)15(11-16(12)24)21(30)29-13-6-7-28-17(9-13)22(31)33-3/h4-11H,1-3H3,(H,28,29,30). The zero-order valence-electron chi connectivity index (χ0n) is 18.5. The maximum Gasteiger partial charge on any atom is 0.573 e. The van der Waals surface area contributed by atoms with E-state index in [1.165, 1.54) is 45.5 Å². The average molecular weight is 494 g/mol. The number of methoxy groups -OCH3 is 2. The quantitative estimate of drug-likeness (QED) is 0.353. The van der Waals surface area contributed by atoms with E-state index in [9.17, 15) is 27.2 Å². The van der Waals surface area contributed by atoms with Crippen molar-refractivity contribution in [2.75, 3.05) is 19.5 Å². The Morgan fingerprint density at radius 2 is 1.71 bits per heavy atom. The van der Waals surface area contributed by atoms with Crippen LogP contribution >= 0.6 is 0 Å². The molecule has 0 fully saturated rings. The first-order valence-corrected chi connectivity index (χ1v) is 9.78. The Balaban J connectivity index is 1.93. The Kier molecular flexibility index (Phi) is 7.43. The van der Waals surface area contributed by atoms with Gasteiger partial charge in [0.2, 0.25) is 0 Å². The molecule has 0 aliphatic carbocycles. The fraction of sp³-hybridized carbons (Fsp3) is 0.174. The maximum absolute atomic E-state index is 14.3. The molecular weight excluding hydrogens is 476 g/mol. The fourth-order valence-corrected chi connectivity index (χ4v) is 2.89. The molecule has 0 radical (unpaired) electrons. The van der Waals surface area contributed by atoms with E-state index in [2.05, 4.69) is 19.8 Å². The lowest BCUT2D eigenvalue weighted by Crippen LogP contribution is -2.17. The zero-order valence-corrected chi connectivity index (χ0v) is 18.5. The Labute approximate surface area is 196 Å². The molecule has 0 spiro atoms. The molecule has 8 nitrogen and oxygen atoms in total. The number of halogens is 4. The Morgan fingerprint density at radius 1 is 0.971 bits per heavy atom. The van der Waals surface area contributed by atoms with E-state index in [1.54, 1.807) is 0 Å². The minimum Gasteiger partial charge on any atom is -0.493 e. The number of benzene rings is 2. The third kappa shape index (κ3) is 6.37. The summed E-state index contributed by atoms with van der Waals surface area (Å²) in [5, 5.41) is 2.50. The molecule has 3 rings (SSSR count). The van der Waals surface area contributed by atoms with Crippen LogP contribution in [0.4, 0.5) is 23.2 Å². The molecule has 0 atom stereocenters. The molecule has 2 aromatic carbocycles. The van der Waals surface area contributed by atoms with Crippen molar-refractivity contribution in [3.05, 3.63) is 71.3 Å². The molecule has 0 bridgehead atoms. The molecule has 1 N–H and O–H groups in total. The van der Waals surface area contributed by atoms with Crippen molar-refractivity contribution in [3.8, 4) is 23.0 Å². The van der Waals surface area contributed by atoms with Gasteiger partial charge < -0.3 is 24.3 Å². The minimum atomic E-state index is -4.91. The van der Waals surface area contributed by atoms with Crippen molar-refractivity contribution in [2.24, 2.45) is 0 Å². The van der Waals surface area contributed by atoms with Crippen LogP contribution in [0.3, 0.4) is 0 Å². The van der Waals surface area contributed by atoms with Crippen LogP contribution in [-0.4, -0.2) is 37.4 Å². The summed E-state index contributed by atoms with van der Waals surface area (Å²) in [5.41, 5.74) is 0.0120. The summed E-state index contributed by atoms with van der Waals surface area (Å²) in [7, 11) is 2.37. The molecular formula is C23H18F4N2O6. The van der Waals surface area contributed by atoms with Crippen molar-refractivity contribution < 1.29 is 46.1 Å². The molecule has 35 heavy (non-hydrogen) atoms. The van der Waals surface area contributed by atoms with Gasteiger partial charge in [-0.15, -0.1) is 13.2 Å². The molecule has 0 saturated heterocycles. The van der Waals surface area contributed by atoms with E-state index in [4.69, 9.17) is 9.47 Å². The first kappa shape index (κ1) is 25.3. The number of anilines is 1. The number of carbonyl (C=O) groups is 2. The van der Waals surface area contributed by atoms with E-state index in [0.29, 0.717) is 0 Å². The molecule has 1 aromatic heterocycles. The second-order valence-corrected chi connectivity index (χ2v) is 6.94. The van der Waals surface area contributed by atoms with Gasteiger partial charge in [0.25, 0.3) is 5.91 Å². The lowest BCUT2D eigenvalue weighted by atomic mass is 10.1. The van der Waals surface area contributed by atoms with E-state index in [-0.39, 0.29) is 39.8 Å². The van der Waals surface area contributed by atoms with Gasteiger partial charge in [-0.25, -0.2) is 14.2 Å². The van der Waals surface area contributed by atoms with Crippen LogP contribution in [0.25, 0.3) is 0 Å². The van der Waals surface area contributed by atoms with Crippen molar-refractivity contribution in [1.29, 1.82) is 0 Å². The van der Waals surface area contributed by atoms with Crippen LogP contribution < -0.4 is 19.5 Å². The summed E-state index contributed by atoms with van der Waals surface area (Å²) in [5.74, 6) is -3.06. The molecule has 12 heteroatoms. The number of nitrogens with zero attached hydrogens (tertiary/aromatic N) is 1. The number of hydrogen-bond donors (Lipinski definition) is 1. The predicted molar refractivity (Wildman–Crippen MR) is 114 cm³/mol. The second-order valence-electron chi connectivity index (χ2n) is 6.94. The lowest BCUT2D eigenvalue weighted by Gasteiger charge is -2.16. The molecule has 1 heterocycles. The number of alkyl halides is 3. The van der Waals surface area contributed by atoms with Crippen molar-refractivity contribution in [2.45, 2.75) is 13.3 Å². The number of hydrogen-bond acceptors (Lipinski definition) is 7. The summed E-state index contributed by atoms with van der Waals surface area (Å²) in [6, 6.07) is 7.93. The minimum absolute atomic E-state index is 0.0565. The topological polar surface area (TPSA) is 96.0 Å². The molecule has 0 unspecified atom stereocenters. The monoisotopic (exact) mass is 494 g/mol. The third-order valence-corrected chi connectivity index (χ3v) is 4.51. The van der Waals surface area contributed by atoms with E-state index < -0.39 is 29.8 Å². The summed E-state index contributed by atoms with van der Waals surface area (Å²) >= 11 is 0. The summed E-state index contributed by atoms with van der Waals surface area (Å²) in [6.45, 7) is 1.44. The summed E-state index contributed by atoms with van der Waals surface area (Å²) in [4.78, 5) is 28.4. The molecule has 184 valence electrons. The van der Waals surface area contributed by atoms with Gasteiger partial charge in [0.1, 0.15) is 23.0 Å². The number of aryl methyl sites for hydroxylation is 1. The highest BCUT2D eigenvalue weighted by molar-refractivity contribution is 6.06. The molecule has 3 aromatic rings. The highest BCUT2D eigenvalue weighted by Gasteiger charge is 2.31. The first-order valence-electron chi connectivity index (χ1n) is 9.78. The Morgan fingerprint density at radius 3 is 2.37 bits per heavy atom. The smallest absolute Gasteiger partial charge is 0.493 e. The van der Waals surface area contributed by atoms with Crippen molar-refractivity contribution in [1.82, 2.24) is 4.98 Å². The van der Waals surface area contributed by atoms with Crippen molar-refractivity contribution in [3.63, 3.8) is 0 Å². The number of nitrogens with one attached hydrogen (secondary N) is 1. The van der Waals surface area contributed by atoms with Crippen LogP contribution in [0.15, 0.2) is 48.7 Å². The van der Waals surface area contributed by atoms with Gasteiger partial charge in [0.05, 0.1) is 19.8 Å². The van der Waals surface area contributed by atoms with Crippen LogP contribution in [0, 0.1) is 12.7 Å². The van der Waals surface area contributed by atoms with Crippen LogP contribution in [0.1, 0.15) is 26.4 Å². The highest BCUT2D eigenvalue weighted by Crippen LogP contribution is 2.38. The molecule has 0 saturated carbocycles. The number of aromatic nitrogens is 1. The SMILES string of the molecule is COC(=O)c1cc(NC(=O)c2cc(F)c(C)cc2Oc2ccc(OC(F)(F)F)cc2OC)ccn1. The summed E-state index contributed by atoms with van der Waals surface area (Å²) < 4.78 is 71.1. The highest BCUT2D eigenvalue weighted by atomic mass is 19.4. The molecule has 0 aliphatic rings. The van der Waals surface area contributed by atoms with Gasteiger partial charge >= 0.3 is 12.3 Å². The first-order chi connectivity index (χ1) is 16.5. The number of ether oxygens (including phenoxy) is 4. The predicted octanol–water partition coefficient (Wildman–Crippen LogP) is 5.27. The Bertz CT molecular complexity index is 1260.